The molecule has 0 saturated heterocycles. The zero-order valence-electron chi connectivity index (χ0n) is 26.3. The number of rotatable bonds is 6. The normalized spacial score (nSPS) is 11.5. The second-order valence-corrected chi connectivity index (χ2v) is 12.2. The van der Waals surface area contributed by atoms with Crippen LogP contribution in [-0.4, -0.2) is 0 Å². The Balaban J connectivity index is 1.21. The summed E-state index contributed by atoms with van der Waals surface area (Å²) in [4.78, 5) is 2.36. The van der Waals surface area contributed by atoms with E-state index in [1.807, 2.05) is 0 Å². The summed E-state index contributed by atoms with van der Waals surface area (Å²) in [6.07, 6.45) is 0. The first-order valence-electron chi connectivity index (χ1n) is 16.3. The number of hydrogen-bond donors (Lipinski definition) is 0. The topological polar surface area (TPSA) is 12.5 Å². The Morgan fingerprint density at radius 1 is 0.354 bits per heavy atom. The Morgan fingerprint density at radius 3 is 1.42 bits per heavy atom. The van der Waals surface area contributed by atoms with Gasteiger partial charge in [-0.1, -0.05) is 140 Å². The van der Waals surface area contributed by atoms with Gasteiger partial charge in [-0.2, -0.15) is 0 Å². The van der Waals surface area contributed by atoms with Gasteiger partial charge >= 0.3 is 0 Å². The molecule has 9 rings (SSSR count). The van der Waals surface area contributed by atoms with Gasteiger partial charge in [-0.05, 0) is 92.9 Å². The van der Waals surface area contributed by atoms with E-state index in [9.17, 15) is 0 Å². The van der Waals surface area contributed by atoms with Gasteiger partial charge < -0.3 is 9.64 Å². The zero-order chi connectivity index (χ0) is 31.9. The molecular weight excluding hydrogens is 583 g/mol. The highest BCUT2D eigenvalue weighted by molar-refractivity contribution is 6.09. The number of nitrogens with zero attached hydrogens (tertiary/aromatic N) is 1. The van der Waals surface area contributed by atoms with Crippen LogP contribution >= 0.6 is 0 Å². The highest BCUT2D eigenvalue weighted by Crippen LogP contribution is 2.53. The van der Waals surface area contributed by atoms with Crippen molar-refractivity contribution < 1.29 is 4.74 Å². The molecule has 0 amide bonds. The number of fused-ring (bicyclic) bond motifs is 2. The van der Waals surface area contributed by atoms with E-state index in [0.717, 1.165) is 50.5 Å². The molecule has 0 fully saturated rings. The van der Waals surface area contributed by atoms with Crippen LogP contribution in [-0.2, 0) is 0 Å². The Hall–Kier alpha value is -6.38. The molecule has 2 heteroatoms. The predicted molar refractivity (Wildman–Crippen MR) is 200 cm³/mol. The molecule has 0 bridgehead atoms. The van der Waals surface area contributed by atoms with Crippen LogP contribution in [0.5, 0.6) is 11.5 Å². The quantitative estimate of drug-likeness (QED) is 0.185. The maximum Gasteiger partial charge on any atom is 0.137 e. The van der Waals surface area contributed by atoms with Gasteiger partial charge in [0.1, 0.15) is 11.5 Å². The Bertz CT molecular complexity index is 2300. The lowest BCUT2D eigenvalue weighted by atomic mass is 9.90. The van der Waals surface area contributed by atoms with Crippen LogP contribution in [0.3, 0.4) is 0 Å². The molecule has 2 nitrogen and oxygen atoms in total. The van der Waals surface area contributed by atoms with Crippen molar-refractivity contribution in [2.75, 3.05) is 4.90 Å². The van der Waals surface area contributed by atoms with Gasteiger partial charge in [0.15, 0.2) is 0 Å². The molecule has 8 aromatic rings. The molecule has 0 radical (unpaired) electrons. The smallest absolute Gasteiger partial charge is 0.137 e. The van der Waals surface area contributed by atoms with E-state index in [0.29, 0.717) is 0 Å². The van der Waals surface area contributed by atoms with Crippen LogP contribution in [0.15, 0.2) is 188 Å². The maximum absolute atomic E-state index is 6.80. The lowest BCUT2D eigenvalue weighted by molar-refractivity contribution is 0.487. The molecule has 0 spiro atoms. The van der Waals surface area contributed by atoms with Crippen molar-refractivity contribution in [3.8, 4) is 56.0 Å². The summed E-state index contributed by atoms with van der Waals surface area (Å²) in [5.74, 6) is 1.74. The van der Waals surface area contributed by atoms with Gasteiger partial charge in [-0.3, -0.25) is 0 Å². The SMILES string of the molecule is c1ccc(-c2ccc(N(c3ccc(-c4ccccc4)cc3)c3cccc4c3-c3cccc5cc(-c6ccccc6)cc(c35)O4)cc2)cc1. The van der Waals surface area contributed by atoms with Crippen LogP contribution in [0.4, 0.5) is 17.1 Å². The van der Waals surface area contributed by atoms with Crippen molar-refractivity contribution in [3.63, 3.8) is 0 Å². The largest absolute Gasteiger partial charge is 0.456 e. The number of hydrogen-bond acceptors (Lipinski definition) is 2. The summed E-state index contributed by atoms with van der Waals surface area (Å²) < 4.78 is 6.80. The molecule has 1 heterocycles. The van der Waals surface area contributed by atoms with Crippen LogP contribution in [0.1, 0.15) is 0 Å². The molecule has 1 aliphatic heterocycles. The van der Waals surface area contributed by atoms with Crippen molar-refractivity contribution >= 4 is 27.8 Å². The summed E-state index contributed by atoms with van der Waals surface area (Å²) in [5, 5.41) is 2.30. The van der Waals surface area contributed by atoms with Gasteiger partial charge in [0.2, 0.25) is 0 Å². The van der Waals surface area contributed by atoms with Crippen molar-refractivity contribution in [2.24, 2.45) is 0 Å². The summed E-state index contributed by atoms with van der Waals surface area (Å²) >= 11 is 0. The summed E-state index contributed by atoms with van der Waals surface area (Å²) in [5.41, 5.74) is 12.6. The van der Waals surface area contributed by atoms with E-state index >= 15 is 0 Å². The van der Waals surface area contributed by atoms with E-state index in [-0.39, 0.29) is 0 Å². The van der Waals surface area contributed by atoms with E-state index < -0.39 is 0 Å². The molecule has 1 aliphatic rings. The molecule has 0 N–H and O–H groups in total. The fourth-order valence-corrected chi connectivity index (χ4v) is 6.95. The Morgan fingerprint density at radius 2 is 0.854 bits per heavy atom. The predicted octanol–water partition coefficient (Wildman–Crippen LogP) is 13.1. The first-order valence-corrected chi connectivity index (χ1v) is 16.3. The lowest BCUT2D eigenvalue weighted by Crippen LogP contribution is -2.12. The maximum atomic E-state index is 6.80. The number of ether oxygens (including phenoxy) is 1. The number of anilines is 3. The second kappa shape index (κ2) is 11.8. The fraction of sp³-hybridized carbons (Fsp3) is 0. The van der Waals surface area contributed by atoms with Crippen LogP contribution in [0, 0.1) is 0 Å². The number of benzene rings is 8. The summed E-state index contributed by atoms with van der Waals surface area (Å²) in [6, 6.07) is 66.7. The molecule has 226 valence electrons. The standard InChI is InChI=1S/C46H31NO/c1-4-12-32(13-5-1)35-22-26-39(27-23-35)47(40-28-24-36(25-29-40)33-14-6-2-7-15-33)42-20-11-21-43-46(42)41-19-10-18-37-30-38(31-44(48-43)45(37)41)34-16-8-3-9-17-34/h1-31H. The molecule has 0 saturated carbocycles. The highest BCUT2D eigenvalue weighted by atomic mass is 16.5. The second-order valence-electron chi connectivity index (χ2n) is 12.2. The first-order chi connectivity index (χ1) is 23.8. The third kappa shape index (κ3) is 4.92. The molecule has 0 aromatic heterocycles. The molecule has 0 atom stereocenters. The summed E-state index contributed by atoms with van der Waals surface area (Å²) in [6.45, 7) is 0. The highest BCUT2D eigenvalue weighted by Gasteiger charge is 2.27. The van der Waals surface area contributed by atoms with Crippen molar-refractivity contribution in [3.05, 3.63) is 188 Å². The first kappa shape index (κ1) is 27.9. The van der Waals surface area contributed by atoms with Gasteiger partial charge in [-0.25, -0.2) is 0 Å². The third-order valence-electron chi connectivity index (χ3n) is 9.25. The van der Waals surface area contributed by atoms with Crippen LogP contribution in [0.25, 0.3) is 55.3 Å². The van der Waals surface area contributed by atoms with Gasteiger partial charge in [0.25, 0.3) is 0 Å². The van der Waals surface area contributed by atoms with Crippen molar-refractivity contribution in [1.29, 1.82) is 0 Å². The minimum atomic E-state index is 0.851. The minimum absolute atomic E-state index is 0.851. The van der Waals surface area contributed by atoms with Gasteiger partial charge in [0.05, 0.1) is 5.69 Å². The minimum Gasteiger partial charge on any atom is -0.456 e. The van der Waals surface area contributed by atoms with E-state index in [4.69, 9.17) is 4.74 Å². The molecular formula is C46H31NO. The third-order valence-corrected chi connectivity index (χ3v) is 9.25. The fourth-order valence-electron chi connectivity index (χ4n) is 6.95. The van der Waals surface area contributed by atoms with Gasteiger partial charge in [0, 0.05) is 22.3 Å². The van der Waals surface area contributed by atoms with E-state index in [1.54, 1.807) is 0 Å². The van der Waals surface area contributed by atoms with Crippen LogP contribution in [0.2, 0.25) is 0 Å². The zero-order valence-corrected chi connectivity index (χ0v) is 26.3. The average molecular weight is 614 g/mol. The molecule has 0 aliphatic carbocycles. The van der Waals surface area contributed by atoms with E-state index in [1.165, 1.54) is 33.4 Å². The Kier molecular flexibility index (Phi) is 6.84. The Labute approximate surface area is 280 Å². The lowest BCUT2D eigenvalue weighted by Gasteiger charge is -2.31. The molecule has 0 unspecified atom stereocenters. The molecule has 8 aromatic carbocycles. The average Bonchev–Trinajstić information content (AvgIpc) is 3.16. The van der Waals surface area contributed by atoms with E-state index in [2.05, 4.69) is 193 Å². The van der Waals surface area contributed by atoms with Crippen molar-refractivity contribution in [1.82, 2.24) is 0 Å². The van der Waals surface area contributed by atoms with Crippen molar-refractivity contribution in [2.45, 2.75) is 0 Å². The van der Waals surface area contributed by atoms with Crippen LogP contribution < -0.4 is 9.64 Å². The molecule has 48 heavy (non-hydrogen) atoms. The monoisotopic (exact) mass is 613 g/mol. The van der Waals surface area contributed by atoms with Gasteiger partial charge in [-0.15, -0.1) is 0 Å². The summed E-state index contributed by atoms with van der Waals surface area (Å²) in [7, 11) is 0.